The number of rotatable bonds is 5. The molecule has 1 atom stereocenters. The van der Waals surface area contributed by atoms with E-state index in [2.05, 4.69) is 4.98 Å². The van der Waals surface area contributed by atoms with E-state index in [9.17, 15) is 0 Å². The van der Waals surface area contributed by atoms with E-state index in [-0.39, 0.29) is 6.04 Å². The van der Waals surface area contributed by atoms with Gasteiger partial charge in [0.2, 0.25) is 0 Å². The molecular weight excluding hydrogens is 224 g/mol. The van der Waals surface area contributed by atoms with Crippen molar-refractivity contribution >= 4 is 0 Å². The maximum Gasteiger partial charge on any atom is 0.119 e. The molecule has 0 bridgehead atoms. The highest BCUT2D eigenvalue weighted by molar-refractivity contribution is 5.21. The van der Waals surface area contributed by atoms with Gasteiger partial charge in [0.15, 0.2) is 0 Å². The number of aryl methyl sites for hydroxylation is 1. The Morgan fingerprint density at radius 3 is 2.72 bits per heavy atom. The summed E-state index contributed by atoms with van der Waals surface area (Å²) in [6.07, 6.45) is 2.55. The first kappa shape index (κ1) is 12.6. The van der Waals surface area contributed by atoms with Gasteiger partial charge in [-0.25, -0.2) is 0 Å². The fourth-order valence-electron chi connectivity index (χ4n) is 1.73. The first-order chi connectivity index (χ1) is 8.75. The molecule has 0 amide bonds. The van der Waals surface area contributed by atoms with Crippen LogP contribution in [0.5, 0.6) is 5.75 Å². The van der Waals surface area contributed by atoms with E-state index < -0.39 is 0 Å². The Bertz CT molecular complexity index is 485. The third-order valence-corrected chi connectivity index (χ3v) is 2.76. The van der Waals surface area contributed by atoms with E-state index in [1.54, 1.807) is 6.20 Å². The zero-order valence-electron chi connectivity index (χ0n) is 10.5. The van der Waals surface area contributed by atoms with Crippen molar-refractivity contribution in [3.63, 3.8) is 0 Å². The molecule has 1 unspecified atom stereocenters. The van der Waals surface area contributed by atoms with Gasteiger partial charge in [0, 0.05) is 12.6 Å². The Morgan fingerprint density at radius 1 is 1.22 bits per heavy atom. The largest absolute Gasteiger partial charge is 0.494 e. The summed E-state index contributed by atoms with van der Waals surface area (Å²) in [7, 11) is 0. The summed E-state index contributed by atoms with van der Waals surface area (Å²) in [5.74, 6) is 0.877. The van der Waals surface area contributed by atoms with Crippen LogP contribution in [0, 0.1) is 6.92 Å². The lowest BCUT2D eigenvalue weighted by Gasteiger charge is -2.12. The van der Waals surface area contributed by atoms with Crippen molar-refractivity contribution < 1.29 is 4.74 Å². The summed E-state index contributed by atoms with van der Waals surface area (Å²) in [5.41, 5.74) is 8.19. The summed E-state index contributed by atoms with van der Waals surface area (Å²) in [6.45, 7) is 2.64. The molecule has 18 heavy (non-hydrogen) atoms. The molecule has 1 heterocycles. The molecule has 1 aromatic heterocycles. The molecule has 0 radical (unpaired) electrons. The number of ether oxygens (including phenoxy) is 1. The Kier molecular flexibility index (Phi) is 4.31. The van der Waals surface area contributed by atoms with Crippen LogP contribution in [0.1, 0.15) is 23.7 Å². The molecule has 2 rings (SSSR count). The van der Waals surface area contributed by atoms with Gasteiger partial charge in [-0.3, -0.25) is 4.98 Å². The van der Waals surface area contributed by atoms with E-state index in [4.69, 9.17) is 10.5 Å². The number of aromatic nitrogens is 1. The van der Waals surface area contributed by atoms with Crippen LogP contribution < -0.4 is 10.5 Å². The van der Waals surface area contributed by atoms with Gasteiger partial charge in [-0.1, -0.05) is 18.2 Å². The first-order valence-electron chi connectivity index (χ1n) is 6.11. The second-order valence-electron chi connectivity index (χ2n) is 4.31. The summed E-state index contributed by atoms with van der Waals surface area (Å²) in [5, 5.41) is 0. The number of hydrogen-bond acceptors (Lipinski definition) is 3. The highest BCUT2D eigenvalue weighted by Crippen LogP contribution is 2.14. The predicted molar refractivity (Wildman–Crippen MR) is 72.5 cm³/mol. The van der Waals surface area contributed by atoms with Crippen LogP contribution in [-0.2, 0) is 0 Å². The number of pyridine rings is 1. The Morgan fingerprint density at radius 2 is 2.00 bits per heavy atom. The summed E-state index contributed by atoms with van der Waals surface area (Å²) < 4.78 is 5.62. The molecule has 3 nitrogen and oxygen atoms in total. The second kappa shape index (κ2) is 6.17. The van der Waals surface area contributed by atoms with Crippen molar-refractivity contribution in [2.75, 3.05) is 6.61 Å². The fourth-order valence-corrected chi connectivity index (χ4v) is 1.73. The lowest BCUT2D eigenvalue weighted by molar-refractivity contribution is 0.297. The van der Waals surface area contributed by atoms with Crippen molar-refractivity contribution in [3.05, 3.63) is 59.9 Å². The smallest absolute Gasteiger partial charge is 0.119 e. The topological polar surface area (TPSA) is 48.1 Å². The molecule has 3 heteroatoms. The molecule has 0 aliphatic carbocycles. The summed E-state index contributed by atoms with van der Waals surface area (Å²) in [4.78, 5) is 4.28. The Hall–Kier alpha value is -1.87. The fraction of sp³-hybridized carbons (Fsp3) is 0.267. The molecule has 0 saturated heterocycles. The van der Waals surface area contributed by atoms with E-state index in [0.29, 0.717) is 6.61 Å². The number of para-hydroxylation sites is 1. The molecule has 0 spiro atoms. The minimum Gasteiger partial charge on any atom is -0.494 e. The predicted octanol–water partition coefficient (Wildman–Crippen LogP) is 2.86. The third kappa shape index (κ3) is 3.57. The minimum atomic E-state index is -0.0754. The van der Waals surface area contributed by atoms with Crippen LogP contribution in [0.15, 0.2) is 48.7 Å². The molecular formula is C15H18N2O. The van der Waals surface area contributed by atoms with Crippen LogP contribution in [-0.4, -0.2) is 11.6 Å². The van der Waals surface area contributed by atoms with Crippen molar-refractivity contribution in [2.24, 2.45) is 5.73 Å². The van der Waals surface area contributed by atoms with E-state index in [1.807, 2.05) is 49.4 Å². The zero-order valence-corrected chi connectivity index (χ0v) is 10.5. The molecule has 2 N–H and O–H groups in total. The standard InChI is InChI=1S/C15H18N2O/c1-12-7-9-17-15(11-12)14(16)8-10-18-13-5-3-2-4-6-13/h2-7,9,11,14H,8,10,16H2,1H3. The number of nitrogens with zero attached hydrogens (tertiary/aromatic N) is 1. The zero-order chi connectivity index (χ0) is 12.8. The van der Waals surface area contributed by atoms with Crippen molar-refractivity contribution in [1.82, 2.24) is 4.98 Å². The average Bonchev–Trinajstić information content (AvgIpc) is 2.40. The number of nitrogens with two attached hydrogens (primary N) is 1. The number of hydrogen-bond donors (Lipinski definition) is 1. The molecule has 0 fully saturated rings. The highest BCUT2D eigenvalue weighted by Gasteiger charge is 2.07. The number of benzene rings is 1. The van der Waals surface area contributed by atoms with Crippen LogP contribution in [0.3, 0.4) is 0 Å². The van der Waals surface area contributed by atoms with Gasteiger partial charge >= 0.3 is 0 Å². The van der Waals surface area contributed by atoms with Crippen LogP contribution in [0.25, 0.3) is 0 Å². The minimum absolute atomic E-state index is 0.0754. The van der Waals surface area contributed by atoms with Crippen LogP contribution in [0.2, 0.25) is 0 Å². The Labute approximate surface area is 108 Å². The van der Waals surface area contributed by atoms with Crippen LogP contribution >= 0.6 is 0 Å². The summed E-state index contributed by atoms with van der Waals surface area (Å²) >= 11 is 0. The van der Waals surface area contributed by atoms with Gasteiger partial charge in [-0.2, -0.15) is 0 Å². The van der Waals surface area contributed by atoms with Gasteiger partial charge in [-0.05, 0) is 36.8 Å². The summed E-state index contributed by atoms with van der Waals surface area (Å²) in [6, 6.07) is 13.7. The lowest BCUT2D eigenvalue weighted by atomic mass is 10.1. The van der Waals surface area contributed by atoms with Gasteiger partial charge in [0.1, 0.15) is 5.75 Å². The highest BCUT2D eigenvalue weighted by atomic mass is 16.5. The molecule has 1 aromatic carbocycles. The van der Waals surface area contributed by atoms with Gasteiger partial charge in [0.05, 0.1) is 18.3 Å². The van der Waals surface area contributed by atoms with E-state index in [1.165, 1.54) is 5.56 Å². The van der Waals surface area contributed by atoms with E-state index in [0.717, 1.165) is 17.9 Å². The monoisotopic (exact) mass is 242 g/mol. The second-order valence-corrected chi connectivity index (χ2v) is 4.31. The van der Waals surface area contributed by atoms with Crippen molar-refractivity contribution in [3.8, 4) is 5.75 Å². The van der Waals surface area contributed by atoms with Crippen molar-refractivity contribution in [2.45, 2.75) is 19.4 Å². The maximum atomic E-state index is 6.09. The molecule has 0 saturated carbocycles. The van der Waals surface area contributed by atoms with Crippen molar-refractivity contribution in [1.29, 1.82) is 0 Å². The quantitative estimate of drug-likeness (QED) is 0.877. The molecule has 94 valence electrons. The van der Waals surface area contributed by atoms with Gasteiger partial charge in [0.25, 0.3) is 0 Å². The van der Waals surface area contributed by atoms with Gasteiger partial charge in [-0.15, -0.1) is 0 Å². The van der Waals surface area contributed by atoms with Crippen LogP contribution in [0.4, 0.5) is 0 Å². The lowest BCUT2D eigenvalue weighted by Crippen LogP contribution is -2.15. The SMILES string of the molecule is Cc1ccnc(C(N)CCOc2ccccc2)c1. The Balaban J connectivity index is 1.83. The molecule has 2 aromatic rings. The third-order valence-electron chi connectivity index (χ3n) is 2.76. The molecule has 0 aliphatic heterocycles. The average molecular weight is 242 g/mol. The van der Waals surface area contributed by atoms with E-state index >= 15 is 0 Å². The van der Waals surface area contributed by atoms with Gasteiger partial charge < -0.3 is 10.5 Å². The molecule has 0 aliphatic rings. The maximum absolute atomic E-state index is 6.09. The normalized spacial score (nSPS) is 12.1. The first-order valence-corrected chi connectivity index (χ1v) is 6.11.